The molecule has 4 N–H and O–H groups in total. The molecule has 0 amide bonds. The van der Waals surface area contributed by atoms with Gasteiger partial charge in [-0.1, -0.05) is 19.8 Å². The first-order chi connectivity index (χ1) is 15.2. The maximum absolute atomic E-state index is 9.21. The third-order valence-electron chi connectivity index (χ3n) is 5.48. The molecule has 3 heterocycles. The van der Waals surface area contributed by atoms with Crippen molar-refractivity contribution in [2.24, 2.45) is 0 Å². The number of hydrogen-bond acceptors (Lipinski definition) is 8. The molecule has 0 saturated carbocycles. The van der Waals surface area contributed by atoms with E-state index in [1.54, 1.807) is 24.4 Å². The number of nitrogens with zero attached hydrogens (tertiary/aromatic N) is 5. The topological polar surface area (TPSA) is 116 Å². The first kappa shape index (κ1) is 20.8. The number of pyridine rings is 1. The largest absolute Gasteiger partial charge is 0.399 e. The van der Waals surface area contributed by atoms with E-state index in [2.05, 4.69) is 38.5 Å². The Kier molecular flexibility index (Phi) is 6.43. The van der Waals surface area contributed by atoms with E-state index >= 15 is 0 Å². The Labute approximate surface area is 182 Å². The normalized spacial score (nSPS) is 15.9. The van der Waals surface area contributed by atoms with E-state index in [4.69, 9.17) is 10.7 Å². The zero-order valence-corrected chi connectivity index (χ0v) is 17.8. The fourth-order valence-corrected chi connectivity index (χ4v) is 3.95. The molecule has 31 heavy (non-hydrogen) atoms. The molecule has 0 spiro atoms. The molecule has 8 heteroatoms. The number of unbranched alkanes of at least 4 members (excludes halogenated alkanes) is 2. The van der Waals surface area contributed by atoms with Gasteiger partial charge in [-0.2, -0.15) is 10.2 Å². The molecule has 1 atom stereocenters. The molecule has 160 valence electrons. The fraction of sp³-hybridized carbons (Fsp3) is 0.391. The van der Waals surface area contributed by atoms with Crippen LogP contribution in [0, 0.1) is 11.3 Å². The molecule has 0 radical (unpaired) electrons. The van der Waals surface area contributed by atoms with Crippen molar-refractivity contribution in [3.63, 3.8) is 0 Å². The van der Waals surface area contributed by atoms with Gasteiger partial charge in [-0.05, 0) is 49.7 Å². The summed E-state index contributed by atoms with van der Waals surface area (Å²) in [5.41, 5.74) is 9.18. The summed E-state index contributed by atoms with van der Waals surface area (Å²) in [4.78, 5) is 16.2. The van der Waals surface area contributed by atoms with Gasteiger partial charge in [0.05, 0.1) is 17.1 Å². The molecule has 1 aliphatic rings. The second-order valence-electron chi connectivity index (χ2n) is 7.92. The molecule has 0 bridgehead atoms. The quantitative estimate of drug-likeness (QED) is 0.377. The summed E-state index contributed by atoms with van der Waals surface area (Å²) < 4.78 is 0. The first-order valence-electron chi connectivity index (χ1n) is 10.8. The van der Waals surface area contributed by atoms with Crippen LogP contribution >= 0.6 is 0 Å². The number of benzene rings is 1. The number of nitrogens with one attached hydrogen (secondary N) is 2. The summed E-state index contributed by atoms with van der Waals surface area (Å²) in [6, 6.07) is 11.5. The molecule has 1 aromatic carbocycles. The highest BCUT2D eigenvalue weighted by Crippen LogP contribution is 2.28. The van der Waals surface area contributed by atoms with Crippen molar-refractivity contribution >= 4 is 34.2 Å². The number of nitrogen functional groups attached to an aromatic ring is 1. The monoisotopic (exact) mass is 416 g/mol. The number of anilines is 4. The van der Waals surface area contributed by atoms with Crippen LogP contribution in [-0.2, 0) is 0 Å². The van der Waals surface area contributed by atoms with Crippen molar-refractivity contribution < 1.29 is 0 Å². The summed E-state index contributed by atoms with van der Waals surface area (Å²) in [7, 11) is 0. The highest BCUT2D eigenvalue weighted by Gasteiger charge is 2.25. The van der Waals surface area contributed by atoms with Crippen LogP contribution in [0.5, 0.6) is 0 Å². The lowest BCUT2D eigenvalue weighted by molar-refractivity contribution is 0.527. The van der Waals surface area contributed by atoms with Gasteiger partial charge in [0, 0.05) is 36.7 Å². The smallest absolute Gasteiger partial charge is 0.229 e. The summed E-state index contributed by atoms with van der Waals surface area (Å²) in [6.45, 7) is 5.09. The van der Waals surface area contributed by atoms with Crippen LogP contribution < -0.4 is 21.3 Å². The van der Waals surface area contributed by atoms with Crippen molar-refractivity contribution in [1.29, 1.82) is 5.26 Å². The maximum Gasteiger partial charge on any atom is 0.229 e. The molecule has 0 unspecified atom stereocenters. The SMILES string of the molecule is CCCCCN[C@H]1CCN(c2nc(Nc3cc(N)cc(C#N)c3)nc3cccnc23)C1. The Bertz CT molecular complexity index is 1090. The molecular formula is C23H28N8. The summed E-state index contributed by atoms with van der Waals surface area (Å²) in [5, 5.41) is 16.1. The van der Waals surface area contributed by atoms with Gasteiger partial charge in [-0.15, -0.1) is 0 Å². The predicted octanol–water partition coefficient (Wildman–Crippen LogP) is 3.58. The summed E-state index contributed by atoms with van der Waals surface area (Å²) in [5.74, 6) is 1.29. The van der Waals surface area contributed by atoms with Crippen molar-refractivity contribution in [2.45, 2.75) is 38.6 Å². The molecule has 4 rings (SSSR count). The summed E-state index contributed by atoms with van der Waals surface area (Å²) >= 11 is 0. The second-order valence-corrected chi connectivity index (χ2v) is 7.92. The Balaban J connectivity index is 1.58. The zero-order chi connectivity index (χ0) is 21.6. The first-order valence-corrected chi connectivity index (χ1v) is 10.8. The van der Waals surface area contributed by atoms with Gasteiger partial charge in [0.25, 0.3) is 0 Å². The van der Waals surface area contributed by atoms with Crippen molar-refractivity contribution in [1.82, 2.24) is 20.3 Å². The Morgan fingerprint density at radius 2 is 2.16 bits per heavy atom. The third-order valence-corrected chi connectivity index (χ3v) is 5.48. The predicted molar refractivity (Wildman–Crippen MR) is 124 cm³/mol. The lowest BCUT2D eigenvalue weighted by Crippen LogP contribution is -2.33. The van der Waals surface area contributed by atoms with Crippen LogP contribution in [0.4, 0.5) is 23.1 Å². The minimum atomic E-state index is 0.453. The molecule has 0 aliphatic carbocycles. The number of rotatable bonds is 8. The van der Waals surface area contributed by atoms with Crippen molar-refractivity contribution in [3.8, 4) is 6.07 Å². The maximum atomic E-state index is 9.21. The van der Waals surface area contributed by atoms with Gasteiger partial charge in [-0.3, -0.25) is 4.98 Å². The Hall–Kier alpha value is -3.44. The van der Waals surface area contributed by atoms with Crippen molar-refractivity contribution in [3.05, 3.63) is 42.1 Å². The highest BCUT2D eigenvalue weighted by molar-refractivity contribution is 5.87. The number of hydrogen-bond donors (Lipinski definition) is 3. The molecule has 1 aliphatic heterocycles. The number of aromatic nitrogens is 3. The van der Waals surface area contributed by atoms with Gasteiger partial charge in [0.15, 0.2) is 5.82 Å². The molecule has 1 saturated heterocycles. The Morgan fingerprint density at radius 3 is 3.00 bits per heavy atom. The standard InChI is InChI=1S/C23H28N8/c1-2-3-4-8-26-18-7-10-31(15-18)22-21-20(6-5-9-27-21)29-23(30-22)28-19-12-16(14-24)11-17(25)13-19/h5-6,9,11-13,18,26H,2-4,7-8,10,15,25H2,1H3,(H,28,29,30)/t18-/m0/s1. The van der Waals surface area contributed by atoms with Gasteiger partial charge >= 0.3 is 0 Å². The van der Waals surface area contributed by atoms with Crippen LogP contribution in [0.25, 0.3) is 11.0 Å². The van der Waals surface area contributed by atoms with E-state index in [1.165, 1.54) is 19.3 Å². The van der Waals surface area contributed by atoms with E-state index in [1.807, 2.05) is 12.1 Å². The van der Waals surface area contributed by atoms with Crippen LogP contribution in [0.1, 0.15) is 38.2 Å². The molecule has 3 aromatic rings. The molecule has 8 nitrogen and oxygen atoms in total. The number of fused-ring (bicyclic) bond motifs is 1. The minimum absolute atomic E-state index is 0.453. The van der Waals surface area contributed by atoms with Gasteiger partial charge in [0.2, 0.25) is 5.95 Å². The van der Waals surface area contributed by atoms with Crippen LogP contribution in [0.2, 0.25) is 0 Å². The second kappa shape index (κ2) is 9.58. The van der Waals surface area contributed by atoms with Crippen molar-refractivity contribution in [2.75, 3.05) is 35.6 Å². The third kappa shape index (κ3) is 5.01. The summed E-state index contributed by atoms with van der Waals surface area (Å²) in [6.07, 6.45) is 6.56. The van der Waals surface area contributed by atoms with Crippen LogP contribution in [0.3, 0.4) is 0 Å². The van der Waals surface area contributed by atoms with Gasteiger partial charge in [-0.25, -0.2) is 4.98 Å². The number of nitriles is 1. The molecule has 2 aromatic heterocycles. The highest BCUT2D eigenvalue weighted by atomic mass is 15.3. The minimum Gasteiger partial charge on any atom is -0.399 e. The van der Waals surface area contributed by atoms with E-state index in [9.17, 15) is 5.26 Å². The van der Waals surface area contributed by atoms with Crippen LogP contribution in [-0.4, -0.2) is 40.6 Å². The van der Waals surface area contributed by atoms with Crippen LogP contribution in [0.15, 0.2) is 36.5 Å². The molecular weight excluding hydrogens is 388 g/mol. The zero-order valence-electron chi connectivity index (χ0n) is 17.8. The number of nitrogens with two attached hydrogens (primary N) is 1. The van der Waals surface area contributed by atoms with E-state index in [0.29, 0.717) is 28.9 Å². The van der Waals surface area contributed by atoms with Gasteiger partial charge < -0.3 is 21.3 Å². The van der Waals surface area contributed by atoms with E-state index in [0.717, 1.165) is 42.9 Å². The fourth-order valence-electron chi connectivity index (χ4n) is 3.95. The van der Waals surface area contributed by atoms with E-state index < -0.39 is 0 Å². The Morgan fingerprint density at radius 1 is 1.26 bits per heavy atom. The lowest BCUT2D eigenvalue weighted by atomic mass is 10.2. The van der Waals surface area contributed by atoms with Gasteiger partial charge in [0.1, 0.15) is 5.52 Å². The molecule has 1 fully saturated rings. The average Bonchev–Trinajstić information content (AvgIpc) is 3.24. The van der Waals surface area contributed by atoms with E-state index in [-0.39, 0.29) is 0 Å². The average molecular weight is 417 g/mol. The lowest BCUT2D eigenvalue weighted by Gasteiger charge is -2.20.